The highest BCUT2D eigenvalue weighted by Gasteiger charge is 2.36. The zero-order valence-electron chi connectivity index (χ0n) is 26.1. The van der Waals surface area contributed by atoms with Gasteiger partial charge in [0.05, 0.1) is 17.0 Å². The molecule has 42 heavy (non-hydrogen) atoms. The van der Waals surface area contributed by atoms with Crippen molar-refractivity contribution < 1.29 is 27.9 Å². The normalized spacial score (nSPS) is 14.3. The summed E-state index contributed by atoms with van der Waals surface area (Å²) in [5.74, 6) is -0.149. The van der Waals surface area contributed by atoms with Crippen LogP contribution in [0.2, 0.25) is 0 Å². The van der Waals surface area contributed by atoms with Gasteiger partial charge in [-0.2, -0.15) is 4.31 Å². The Morgan fingerprint density at radius 1 is 0.976 bits per heavy atom. The lowest BCUT2D eigenvalue weighted by molar-refractivity contribution is -0.141. The van der Waals surface area contributed by atoms with E-state index in [1.807, 2.05) is 58.0 Å². The van der Waals surface area contributed by atoms with Crippen LogP contribution in [0.3, 0.4) is 0 Å². The van der Waals surface area contributed by atoms with Gasteiger partial charge in [-0.3, -0.25) is 4.79 Å². The molecule has 2 aromatic carbocycles. The van der Waals surface area contributed by atoms with Gasteiger partial charge >= 0.3 is 6.09 Å². The molecule has 0 aliphatic rings. The first-order valence-electron chi connectivity index (χ1n) is 14.7. The summed E-state index contributed by atoms with van der Waals surface area (Å²) in [7, 11) is -3.96. The predicted molar refractivity (Wildman–Crippen MR) is 165 cm³/mol. The molecule has 0 aromatic heterocycles. The largest absolute Gasteiger partial charge is 0.443 e. The monoisotopic (exact) mass is 603 g/mol. The maximum absolute atomic E-state index is 13.7. The Labute approximate surface area is 252 Å². The van der Waals surface area contributed by atoms with Gasteiger partial charge in [-0.1, -0.05) is 82.6 Å². The van der Waals surface area contributed by atoms with Gasteiger partial charge in [-0.25, -0.2) is 23.6 Å². The van der Waals surface area contributed by atoms with E-state index in [0.717, 1.165) is 17.0 Å². The number of nitrogens with one attached hydrogen (secondary N) is 1. The highest BCUT2D eigenvalue weighted by Crippen LogP contribution is 2.22. The summed E-state index contributed by atoms with van der Waals surface area (Å²) in [6.07, 6.45) is -0.548. The van der Waals surface area contributed by atoms with Crippen molar-refractivity contribution >= 4 is 22.0 Å². The molecule has 0 aliphatic carbocycles. The molecule has 2 aromatic rings. The van der Waals surface area contributed by atoms with E-state index in [-0.39, 0.29) is 42.7 Å². The van der Waals surface area contributed by atoms with Crippen LogP contribution in [0.25, 0.3) is 0 Å². The summed E-state index contributed by atoms with van der Waals surface area (Å²) < 4.78 is 34.2. The Morgan fingerprint density at radius 3 is 2.07 bits per heavy atom. The Kier molecular flexibility index (Phi) is 13.5. The third-order valence-corrected chi connectivity index (χ3v) is 8.77. The van der Waals surface area contributed by atoms with Crippen LogP contribution in [0, 0.1) is 11.8 Å². The lowest BCUT2D eigenvalue weighted by Gasteiger charge is -2.37. The second-order valence-electron chi connectivity index (χ2n) is 12.3. The smallest absolute Gasteiger partial charge is 0.426 e. The first-order chi connectivity index (χ1) is 19.6. The van der Waals surface area contributed by atoms with Crippen molar-refractivity contribution in [2.45, 2.75) is 96.8 Å². The van der Waals surface area contributed by atoms with Crippen LogP contribution < -0.4 is 5.43 Å². The van der Waals surface area contributed by atoms with Crippen LogP contribution in [0.4, 0.5) is 4.79 Å². The zero-order valence-corrected chi connectivity index (χ0v) is 26.9. The number of benzene rings is 2. The third-order valence-electron chi connectivity index (χ3n) is 6.89. The molecule has 2 N–H and O–H groups in total. The SMILES string of the molecule is CCC(C)CC(=O)N(NC(=O)OC(C)(C)C)[C@@H](Cc1ccccc1)[C@H](O)CN(CCC(C)C)S(=O)(=O)c1ccccc1. The average molecular weight is 604 g/mol. The molecule has 2 rings (SSSR count). The van der Waals surface area contributed by atoms with Crippen LogP contribution in [0.5, 0.6) is 0 Å². The van der Waals surface area contributed by atoms with E-state index in [1.54, 1.807) is 39.0 Å². The van der Waals surface area contributed by atoms with Crippen LogP contribution in [-0.2, 0) is 26.0 Å². The first-order valence-corrected chi connectivity index (χ1v) is 16.2. The van der Waals surface area contributed by atoms with Gasteiger partial charge in [0.2, 0.25) is 15.9 Å². The molecule has 3 atom stereocenters. The number of aliphatic hydroxyl groups is 1. The van der Waals surface area contributed by atoms with Crippen LogP contribution in [0.15, 0.2) is 65.6 Å². The fraction of sp³-hybridized carbons (Fsp3) is 0.562. The Hall–Kier alpha value is -2.95. The molecule has 0 heterocycles. The Bertz CT molecular complexity index is 1220. The predicted octanol–water partition coefficient (Wildman–Crippen LogP) is 5.40. The van der Waals surface area contributed by atoms with E-state index in [2.05, 4.69) is 5.43 Å². The molecular formula is C32H49N3O6S. The van der Waals surface area contributed by atoms with Crippen molar-refractivity contribution in [2.75, 3.05) is 13.1 Å². The summed E-state index contributed by atoms with van der Waals surface area (Å²) in [4.78, 5) is 26.7. The number of hydrogen-bond acceptors (Lipinski definition) is 6. The highest BCUT2D eigenvalue weighted by molar-refractivity contribution is 7.89. The number of aliphatic hydroxyl groups excluding tert-OH is 1. The van der Waals surface area contributed by atoms with E-state index < -0.39 is 39.8 Å². The van der Waals surface area contributed by atoms with Crippen molar-refractivity contribution in [3.05, 3.63) is 66.2 Å². The van der Waals surface area contributed by atoms with E-state index in [0.29, 0.717) is 6.42 Å². The molecule has 0 radical (unpaired) electrons. The summed E-state index contributed by atoms with van der Waals surface area (Å²) in [5.41, 5.74) is 2.59. The number of hydrazine groups is 1. The highest BCUT2D eigenvalue weighted by atomic mass is 32.2. The van der Waals surface area contributed by atoms with Gasteiger partial charge in [0, 0.05) is 19.5 Å². The average Bonchev–Trinajstić information content (AvgIpc) is 2.92. The minimum atomic E-state index is -3.96. The molecule has 1 unspecified atom stereocenters. The number of ether oxygens (including phenoxy) is 1. The van der Waals surface area contributed by atoms with E-state index >= 15 is 0 Å². The van der Waals surface area contributed by atoms with E-state index in [4.69, 9.17) is 4.74 Å². The minimum Gasteiger partial charge on any atom is -0.443 e. The lowest BCUT2D eigenvalue weighted by atomic mass is 9.98. The first kappa shape index (κ1) is 35.2. The fourth-order valence-corrected chi connectivity index (χ4v) is 5.80. The summed E-state index contributed by atoms with van der Waals surface area (Å²) in [6.45, 7) is 13.0. The third kappa shape index (κ3) is 11.4. The Balaban J connectivity index is 2.54. The van der Waals surface area contributed by atoms with E-state index in [1.165, 1.54) is 16.4 Å². The number of carbonyl (C=O) groups excluding carboxylic acids is 2. The maximum atomic E-state index is 13.7. The fourth-order valence-electron chi connectivity index (χ4n) is 4.31. The summed E-state index contributed by atoms with van der Waals surface area (Å²) >= 11 is 0. The number of nitrogens with zero attached hydrogens (tertiary/aromatic N) is 2. The topological polar surface area (TPSA) is 116 Å². The number of hydrogen-bond donors (Lipinski definition) is 2. The van der Waals surface area contributed by atoms with Gasteiger partial charge in [-0.15, -0.1) is 0 Å². The lowest BCUT2D eigenvalue weighted by Crippen LogP contribution is -2.59. The number of sulfonamides is 1. The molecule has 9 nitrogen and oxygen atoms in total. The zero-order chi connectivity index (χ0) is 31.5. The molecule has 10 heteroatoms. The summed E-state index contributed by atoms with van der Waals surface area (Å²) in [6, 6.07) is 16.4. The number of rotatable bonds is 14. The van der Waals surface area contributed by atoms with Crippen molar-refractivity contribution in [2.24, 2.45) is 11.8 Å². The molecule has 0 saturated carbocycles. The van der Waals surface area contributed by atoms with Crippen LogP contribution in [-0.4, -0.2) is 65.7 Å². The molecule has 0 spiro atoms. The van der Waals surface area contributed by atoms with Crippen molar-refractivity contribution in [1.29, 1.82) is 0 Å². The number of carbonyl (C=O) groups is 2. The Morgan fingerprint density at radius 2 is 1.55 bits per heavy atom. The minimum absolute atomic E-state index is 0.0240. The molecule has 0 saturated heterocycles. The molecule has 0 aliphatic heterocycles. The van der Waals surface area contributed by atoms with Gasteiger partial charge in [0.15, 0.2) is 0 Å². The van der Waals surface area contributed by atoms with Crippen LogP contribution in [0.1, 0.15) is 73.3 Å². The molecule has 0 bridgehead atoms. The second kappa shape index (κ2) is 16.0. The molecular weight excluding hydrogens is 554 g/mol. The number of amides is 2. The van der Waals surface area contributed by atoms with Gasteiger partial charge in [0.25, 0.3) is 0 Å². The van der Waals surface area contributed by atoms with Gasteiger partial charge in [0.1, 0.15) is 5.60 Å². The van der Waals surface area contributed by atoms with E-state index in [9.17, 15) is 23.1 Å². The van der Waals surface area contributed by atoms with Crippen LogP contribution >= 0.6 is 0 Å². The van der Waals surface area contributed by atoms with Crippen molar-refractivity contribution in [3.8, 4) is 0 Å². The van der Waals surface area contributed by atoms with Crippen molar-refractivity contribution in [1.82, 2.24) is 14.7 Å². The second-order valence-corrected chi connectivity index (χ2v) is 14.2. The van der Waals surface area contributed by atoms with Gasteiger partial charge in [-0.05, 0) is 63.1 Å². The van der Waals surface area contributed by atoms with Gasteiger partial charge < -0.3 is 9.84 Å². The molecule has 234 valence electrons. The molecule has 0 fully saturated rings. The summed E-state index contributed by atoms with van der Waals surface area (Å²) in [5, 5.41) is 12.9. The standard InChI is InChI=1S/C32H49N3O6S/c1-8-25(4)21-30(37)35(33-31(38)41-32(5,6)7)28(22-26-15-11-9-12-16-26)29(36)23-34(20-19-24(2)3)42(39,40)27-17-13-10-14-18-27/h9-18,24-25,28-29,36H,8,19-23H2,1-7H3,(H,33,38)/t25?,28-,29+/m0/s1. The quantitative estimate of drug-likeness (QED) is 0.279. The maximum Gasteiger partial charge on any atom is 0.426 e. The van der Waals surface area contributed by atoms with Crippen molar-refractivity contribution in [3.63, 3.8) is 0 Å². The molecule has 2 amide bonds.